The van der Waals surface area contributed by atoms with Crippen molar-refractivity contribution >= 4 is 0 Å². The normalized spacial score (nSPS) is 17.2. The third kappa shape index (κ3) is 2.31. The van der Waals surface area contributed by atoms with E-state index in [1.54, 1.807) is 14.2 Å². The summed E-state index contributed by atoms with van der Waals surface area (Å²) in [6, 6.07) is 3.81. The van der Waals surface area contributed by atoms with Crippen LogP contribution in [0.15, 0.2) is 12.1 Å². The van der Waals surface area contributed by atoms with Crippen molar-refractivity contribution in [2.75, 3.05) is 27.3 Å². The van der Waals surface area contributed by atoms with Crippen LogP contribution in [0, 0.1) is 6.92 Å². The van der Waals surface area contributed by atoms with Crippen LogP contribution in [0.2, 0.25) is 0 Å². The highest BCUT2D eigenvalue weighted by molar-refractivity contribution is 5.50. The van der Waals surface area contributed by atoms with Crippen molar-refractivity contribution in [1.82, 2.24) is 5.32 Å². The monoisotopic (exact) mass is 237 g/mol. The molecule has 0 saturated carbocycles. The number of methoxy groups -OCH3 is 2. The zero-order valence-electron chi connectivity index (χ0n) is 10.8. The van der Waals surface area contributed by atoms with Crippen LogP contribution >= 0.6 is 0 Å². The van der Waals surface area contributed by atoms with E-state index in [9.17, 15) is 0 Å². The second-order valence-electron chi connectivity index (χ2n) is 4.61. The van der Waals surface area contributed by atoms with Gasteiger partial charge in [0.1, 0.15) is 22.8 Å². The Morgan fingerprint density at radius 1 is 1.12 bits per heavy atom. The molecule has 1 N–H and O–H groups in total. The molecule has 4 heteroatoms. The van der Waals surface area contributed by atoms with E-state index in [0.717, 1.165) is 35.9 Å². The lowest BCUT2D eigenvalue weighted by molar-refractivity contribution is 0.0345. The molecule has 94 valence electrons. The van der Waals surface area contributed by atoms with Gasteiger partial charge in [0, 0.05) is 30.8 Å². The molecule has 1 fully saturated rings. The fourth-order valence-electron chi connectivity index (χ4n) is 1.95. The zero-order valence-corrected chi connectivity index (χ0v) is 10.8. The lowest BCUT2D eigenvalue weighted by Gasteiger charge is -2.39. The van der Waals surface area contributed by atoms with Gasteiger partial charge in [-0.1, -0.05) is 0 Å². The van der Waals surface area contributed by atoms with Gasteiger partial charge in [-0.05, 0) is 13.8 Å². The summed E-state index contributed by atoms with van der Waals surface area (Å²) in [6.07, 6.45) is 0. The third-order valence-corrected chi connectivity index (χ3v) is 3.09. The molecule has 0 aromatic heterocycles. The molecule has 1 aliphatic rings. The molecular weight excluding hydrogens is 218 g/mol. The van der Waals surface area contributed by atoms with Crippen molar-refractivity contribution in [3.63, 3.8) is 0 Å². The first-order valence-electron chi connectivity index (χ1n) is 5.70. The van der Waals surface area contributed by atoms with E-state index < -0.39 is 0 Å². The second-order valence-corrected chi connectivity index (χ2v) is 4.61. The average Bonchev–Trinajstić information content (AvgIpc) is 2.29. The summed E-state index contributed by atoms with van der Waals surface area (Å²) in [6.45, 7) is 5.79. The predicted molar refractivity (Wildman–Crippen MR) is 66.2 cm³/mol. The van der Waals surface area contributed by atoms with Crippen LogP contribution in [-0.4, -0.2) is 32.9 Å². The van der Waals surface area contributed by atoms with Crippen molar-refractivity contribution in [1.29, 1.82) is 0 Å². The van der Waals surface area contributed by atoms with Gasteiger partial charge in [0.25, 0.3) is 0 Å². The highest BCUT2D eigenvalue weighted by Gasteiger charge is 2.34. The van der Waals surface area contributed by atoms with E-state index in [1.807, 2.05) is 19.1 Å². The lowest BCUT2D eigenvalue weighted by Crippen LogP contribution is -2.61. The number of rotatable bonds is 4. The molecule has 0 aliphatic carbocycles. The Hall–Kier alpha value is -1.42. The largest absolute Gasteiger partial charge is 0.496 e. The lowest BCUT2D eigenvalue weighted by atomic mass is 10.00. The van der Waals surface area contributed by atoms with E-state index >= 15 is 0 Å². The summed E-state index contributed by atoms with van der Waals surface area (Å²) < 4.78 is 16.6. The van der Waals surface area contributed by atoms with Crippen molar-refractivity contribution in [3.05, 3.63) is 17.7 Å². The molecule has 0 bridgehead atoms. The Kier molecular flexibility index (Phi) is 3.15. The van der Waals surface area contributed by atoms with Crippen molar-refractivity contribution in [2.24, 2.45) is 0 Å². The predicted octanol–water partition coefficient (Wildman–Crippen LogP) is 1.75. The quantitative estimate of drug-likeness (QED) is 0.866. The Bertz CT molecular complexity index is 388. The number of hydrogen-bond donors (Lipinski definition) is 1. The minimum absolute atomic E-state index is 0.120. The van der Waals surface area contributed by atoms with Gasteiger partial charge in [-0.2, -0.15) is 0 Å². The molecule has 1 aliphatic heterocycles. The van der Waals surface area contributed by atoms with Crippen LogP contribution in [-0.2, 0) is 0 Å². The maximum absolute atomic E-state index is 5.96. The van der Waals surface area contributed by atoms with Crippen LogP contribution in [0.5, 0.6) is 17.2 Å². The molecule has 1 aromatic carbocycles. The van der Waals surface area contributed by atoms with E-state index in [-0.39, 0.29) is 5.60 Å². The van der Waals surface area contributed by atoms with Crippen LogP contribution in [0.4, 0.5) is 0 Å². The number of ether oxygens (including phenoxy) is 3. The van der Waals surface area contributed by atoms with Crippen LogP contribution in [0.1, 0.15) is 12.5 Å². The maximum atomic E-state index is 5.96. The van der Waals surface area contributed by atoms with E-state index in [1.165, 1.54) is 0 Å². The fraction of sp³-hybridized carbons (Fsp3) is 0.538. The van der Waals surface area contributed by atoms with Crippen LogP contribution in [0.25, 0.3) is 0 Å². The highest BCUT2D eigenvalue weighted by atomic mass is 16.5. The molecule has 0 atom stereocenters. The minimum atomic E-state index is -0.120. The summed E-state index contributed by atoms with van der Waals surface area (Å²) >= 11 is 0. The first-order valence-corrected chi connectivity index (χ1v) is 5.70. The van der Waals surface area contributed by atoms with Gasteiger partial charge < -0.3 is 19.5 Å². The zero-order chi connectivity index (χ0) is 12.5. The van der Waals surface area contributed by atoms with Gasteiger partial charge in [-0.15, -0.1) is 0 Å². The van der Waals surface area contributed by atoms with Crippen molar-refractivity contribution in [3.8, 4) is 17.2 Å². The minimum Gasteiger partial charge on any atom is -0.496 e. The third-order valence-electron chi connectivity index (χ3n) is 3.09. The van der Waals surface area contributed by atoms with E-state index in [4.69, 9.17) is 14.2 Å². The SMILES string of the molecule is COc1cc(OC2(C)CNC2)cc(OC)c1C. The van der Waals surface area contributed by atoms with E-state index in [2.05, 4.69) is 12.2 Å². The molecule has 0 unspecified atom stereocenters. The van der Waals surface area contributed by atoms with Gasteiger partial charge in [0.15, 0.2) is 0 Å². The second kappa shape index (κ2) is 4.45. The van der Waals surface area contributed by atoms with Gasteiger partial charge >= 0.3 is 0 Å². The molecule has 4 nitrogen and oxygen atoms in total. The average molecular weight is 237 g/mol. The molecule has 1 aromatic rings. The van der Waals surface area contributed by atoms with Crippen molar-refractivity contribution < 1.29 is 14.2 Å². The van der Waals surface area contributed by atoms with Gasteiger partial charge in [-0.3, -0.25) is 0 Å². The molecule has 1 heterocycles. The molecule has 17 heavy (non-hydrogen) atoms. The maximum Gasteiger partial charge on any atom is 0.131 e. The Morgan fingerprint density at radius 3 is 2.00 bits per heavy atom. The summed E-state index contributed by atoms with van der Waals surface area (Å²) in [5.41, 5.74) is 0.866. The fourth-order valence-corrected chi connectivity index (χ4v) is 1.95. The highest BCUT2D eigenvalue weighted by Crippen LogP contribution is 2.35. The number of benzene rings is 1. The molecule has 1 saturated heterocycles. The van der Waals surface area contributed by atoms with Crippen molar-refractivity contribution in [2.45, 2.75) is 19.4 Å². The van der Waals surface area contributed by atoms with Crippen LogP contribution in [0.3, 0.4) is 0 Å². The summed E-state index contributed by atoms with van der Waals surface area (Å²) in [5, 5.41) is 3.20. The summed E-state index contributed by atoms with van der Waals surface area (Å²) in [5.74, 6) is 2.36. The van der Waals surface area contributed by atoms with Gasteiger partial charge in [0.05, 0.1) is 14.2 Å². The first kappa shape index (κ1) is 12.0. The smallest absolute Gasteiger partial charge is 0.131 e. The van der Waals surface area contributed by atoms with Crippen LogP contribution < -0.4 is 19.5 Å². The standard InChI is InChI=1S/C13H19NO3/c1-9-11(15-3)5-10(6-12(9)16-4)17-13(2)7-14-8-13/h5-6,14H,7-8H2,1-4H3. The molecule has 0 spiro atoms. The molecule has 0 radical (unpaired) electrons. The van der Waals surface area contributed by atoms with Gasteiger partial charge in [0.2, 0.25) is 0 Å². The summed E-state index contributed by atoms with van der Waals surface area (Å²) in [7, 11) is 3.30. The Morgan fingerprint density at radius 2 is 1.65 bits per heavy atom. The first-order chi connectivity index (χ1) is 8.08. The Labute approximate surface area is 102 Å². The molecular formula is C13H19NO3. The molecule has 2 rings (SSSR count). The number of nitrogens with one attached hydrogen (secondary N) is 1. The number of hydrogen-bond acceptors (Lipinski definition) is 4. The topological polar surface area (TPSA) is 39.7 Å². The Balaban J connectivity index is 2.27. The summed E-state index contributed by atoms with van der Waals surface area (Å²) in [4.78, 5) is 0. The van der Waals surface area contributed by atoms with E-state index in [0.29, 0.717) is 0 Å². The van der Waals surface area contributed by atoms with Gasteiger partial charge in [-0.25, -0.2) is 0 Å². The molecule has 0 amide bonds.